The molecule has 0 saturated carbocycles. The van der Waals surface area contributed by atoms with E-state index in [0.717, 1.165) is 5.56 Å². The van der Waals surface area contributed by atoms with Crippen molar-refractivity contribution in [1.82, 2.24) is 4.72 Å². The first-order chi connectivity index (χ1) is 10.1. The first-order valence-corrected chi connectivity index (χ1v) is 8.46. The molecule has 1 aromatic carbocycles. The Labute approximate surface area is 130 Å². The molecule has 118 valence electrons. The van der Waals surface area contributed by atoms with Crippen molar-refractivity contribution in [2.24, 2.45) is 5.41 Å². The van der Waals surface area contributed by atoms with E-state index in [1.165, 1.54) is 6.07 Å². The number of aryl methyl sites for hydroxylation is 1. The normalized spacial score (nSPS) is 16.4. The molecule has 0 spiro atoms. The lowest BCUT2D eigenvalue weighted by atomic mass is 9.88. The zero-order valence-electron chi connectivity index (χ0n) is 12.8. The van der Waals surface area contributed by atoms with Gasteiger partial charge in [0.15, 0.2) is 0 Å². The number of amides is 1. The number of fused-ring (bicyclic) bond motifs is 1. The number of benzene rings is 1. The van der Waals surface area contributed by atoms with Crippen LogP contribution >= 0.6 is 0 Å². The zero-order valence-corrected chi connectivity index (χ0v) is 13.6. The van der Waals surface area contributed by atoms with Crippen LogP contribution in [0.25, 0.3) is 0 Å². The second-order valence-corrected chi connectivity index (χ2v) is 8.13. The van der Waals surface area contributed by atoms with E-state index in [-0.39, 0.29) is 10.8 Å². The van der Waals surface area contributed by atoms with Gasteiger partial charge in [0, 0.05) is 12.1 Å². The van der Waals surface area contributed by atoms with Crippen LogP contribution < -0.4 is 10.0 Å². The maximum Gasteiger partial charge on any atom is 0.241 e. The van der Waals surface area contributed by atoms with Gasteiger partial charge < -0.3 is 5.32 Å². The fourth-order valence-corrected chi connectivity index (χ4v) is 3.54. The van der Waals surface area contributed by atoms with Gasteiger partial charge in [-0.15, -0.1) is 0 Å². The Balaban J connectivity index is 2.31. The molecule has 2 rings (SSSR count). The van der Waals surface area contributed by atoms with Gasteiger partial charge in [-0.2, -0.15) is 9.98 Å². The van der Waals surface area contributed by atoms with Gasteiger partial charge in [-0.1, -0.05) is 20.8 Å². The summed E-state index contributed by atoms with van der Waals surface area (Å²) >= 11 is 0. The highest BCUT2D eigenvalue weighted by atomic mass is 32.2. The van der Waals surface area contributed by atoms with E-state index >= 15 is 0 Å². The first kappa shape index (κ1) is 16.5. The summed E-state index contributed by atoms with van der Waals surface area (Å²) in [4.78, 5) is 11.4. The van der Waals surface area contributed by atoms with E-state index in [1.807, 2.05) is 6.07 Å². The maximum atomic E-state index is 12.4. The molecule has 6 nitrogen and oxygen atoms in total. The average Bonchev–Trinajstić information content (AvgIpc) is 2.42. The molecule has 1 aromatic rings. The molecule has 0 radical (unpaired) electrons. The third-order valence-electron chi connectivity index (χ3n) is 3.55. The third-order valence-corrected chi connectivity index (χ3v) is 4.97. The van der Waals surface area contributed by atoms with Crippen molar-refractivity contribution >= 4 is 21.6 Å². The molecule has 2 N–H and O–H groups in total. The maximum absolute atomic E-state index is 12.4. The van der Waals surface area contributed by atoms with Gasteiger partial charge in [-0.25, -0.2) is 8.42 Å². The Bertz CT molecular complexity index is 742. The minimum Gasteiger partial charge on any atom is -0.326 e. The minimum absolute atomic E-state index is 0.0708. The van der Waals surface area contributed by atoms with Crippen LogP contribution in [0.15, 0.2) is 23.1 Å². The number of carbonyl (C=O) groups excluding carboxylic acids is 1. The predicted molar refractivity (Wildman–Crippen MR) is 82.6 cm³/mol. The highest BCUT2D eigenvalue weighted by molar-refractivity contribution is 7.89. The zero-order chi connectivity index (χ0) is 16.5. The summed E-state index contributed by atoms with van der Waals surface area (Å²) in [5.41, 5.74) is 0.916. The molecule has 0 aromatic heterocycles. The van der Waals surface area contributed by atoms with Gasteiger partial charge in [-0.05, 0) is 35.6 Å². The lowest BCUT2D eigenvalue weighted by Crippen LogP contribution is -2.42. The molecule has 7 heteroatoms. The van der Waals surface area contributed by atoms with E-state index in [0.29, 0.717) is 18.5 Å². The Morgan fingerprint density at radius 3 is 2.59 bits per heavy atom. The van der Waals surface area contributed by atoms with Crippen LogP contribution in [-0.4, -0.2) is 20.4 Å². The van der Waals surface area contributed by atoms with E-state index in [4.69, 9.17) is 5.26 Å². The van der Waals surface area contributed by atoms with Crippen molar-refractivity contribution in [3.8, 4) is 6.07 Å². The first-order valence-electron chi connectivity index (χ1n) is 6.98. The monoisotopic (exact) mass is 321 g/mol. The molecule has 1 aliphatic rings. The second-order valence-electron chi connectivity index (χ2n) is 6.42. The number of anilines is 1. The van der Waals surface area contributed by atoms with Gasteiger partial charge in [0.25, 0.3) is 0 Å². The van der Waals surface area contributed by atoms with Crippen molar-refractivity contribution in [2.75, 3.05) is 5.32 Å². The van der Waals surface area contributed by atoms with Gasteiger partial charge in [0.1, 0.15) is 6.04 Å². The highest BCUT2D eigenvalue weighted by Gasteiger charge is 2.30. The van der Waals surface area contributed by atoms with Crippen LogP contribution in [0.5, 0.6) is 0 Å². The molecule has 0 bridgehead atoms. The minimum atomic E-state index is -3.79. The summed E-state index contributed by atoms with van der Waals surface area (Å²) in [6, 6.07) is 5.73. The molecule has 1 aliphatic heterocycles. The number of nitrogens with zero attached hydrogens (tertiary/aromatic N) is 1. The number of sulfonamides is 1. The molecule has 22 heavy (non-hydrogen) atoms. The summed E-state index contributed by atoms with van der Waals surface area (Å²) in [5, 5.41) is 11.9. The van der Waals surface area contributed by atoms with E-state index in [9.17, 15) is 13.2 Å². The third kappa shape index (κ3) is 3.46. The van der Waals surface area contributed by atoms with E-state index in [1.54, 1.807) is 32.9 Å². The van der Waals surface area contributed by atoms with Crippen LogP contribution in [0, 0.1) is 16.7 Å². The molecule has 1 atom stereocenters. The standard InChI is InChI=1S/C15H19N3O3S/c1-15(2,3)13(9-16)18-22(20,21)11-5-6-12-10(8-11)4-7-14(19)17-12/h5-6,8,13,18H,4,7H2,1-3H3,(H,17,19). The summed E-state index contributed by atoms with van der Waals surface area (Å²) < 4.78 is 27.3. The van der Waals surface area contributed by atoms with Gasteiger partial charge in [0.05, 0.1) is 11.0 Å². The van der Waals surface area contributed by atoms with Crippen LogP contribution in [0.3, 0.4) is 0 Å². The Morgan fingerprint density at radius 1 is 1.32 bits per heavy atom. The number of carbonyl (C=O) groups is 1. The fraction of sp³-hybridized carbons (Fsp3) is 0.467. The highest BCUT2D eigenvalue weighted by Crippen LogP contribution is 2.26. The topological polar surface area (TPSA) is 99.1 Å². The lowest BCUT2D eigenvalue weighted by Gasteiger charge is -2.25. The number of nitrogens with one attached hydrogen (secondary N) is 2. The van der Waals surface area contributed by atoms with Gasteiger partial charge in [0.2, 0.25) is 15.9 Å². The molecule has 1 unspecified atom stereocenters. The number of rotatable bonds is 3. The Kier molecular flexibility index (Phi) is 4.27. The molecule has 1 heterocycles. The van der Waals surface area contributed by atoms with Crippen molar-refractivity contribution in [3.63, 3.8) is 0 Å². The van der Waals surface area contributed by atoms with E-state index < -0.39 is 21.5 Å². The van der Waals surface area contributed by atoms with Crippen molar-refractivity contribution in [3.05, 3.63) is 23.8 Å². The second kappa shape index (κ2) is 5.71. The van der Waals surface area contributed by atoms with Gasteiger partial charge in [-0.3, -0.25) is 4.79 Å². The molecule has 0 fully saturated rings. The number of hydrogen-bond acceptors (Lipinski definition) is 4. The number of hydrogen-bond donors (Lipinski definition) is 2. The van der Waals surface area contributed by atoms with Crippen LogP contribution in [0.1, 0.15) is 32.8 Å². The van der Waals surface area contributed by atoms with Crippen LogP contribution in [0.4, 0.5) is 5.69 Å². The van der Waals surface area contributed by atoms with E-state index in [2.05, 4.69) is 10.0 Å². The summed E-state index contributed by atoms with van der Waals surface area (Å²) in [6.07, 6.45) is 0.845. The SMILES string of the molecule is CC(C)(C)C(C#N)NS(=O)(=O)c1ccc2c(c1)CCC(=O)N2. The molecular weight excluding hydrogens is 302 g/mol. The van der Waals surface area contributed by atoms with Crippen molar-refractivity contribution in [1.29, 1.82) is 5.26 Å². The fourth-order valence-electron chi connectivity index (χ4n) is 2.15. The lowest BCUT2D eigenvalue weighted by molar-refractivity contribution is -0.116. The number of nitriles is 1. The largest absolute Gasteiger partial charge is 0.326 e. The molecular formula is C15H19N3O3S. The smallest absolute Gasteiger partial charge is 0.241 e. The molecule has 0 aliphatic carbocycles. The Hall–Kier alpha value is -1.91. The van der Waals surface area contributed by atoms with Crippen LogP contribution in [-0.2, 0) is 21.2 Å². The summed E-state index contributed by atoms with van der Waals surface area (Å²) in [7, 11) is -3.79. The van der Waals surface area contributed by atoms with Crippen molar-refractivity contribution in [2.45, 2.75) is 44.6 Å². The predicted octanol–water partition coefficient (Wildman–Crippen LogP) is 1.79. The average molecular weight is 321 g/mol. The summed E-state index contributed by atoms with van der Waals surface area (Å²) in [5.74, 6) is -0.0708. The Morgan fingerprint density at radius 2 is 2.00 bits per heavy atom. The summed E-state index contributed by atoms with van der Waals surface area (Å²) in [6.45, 7) is 5.39. The van der Waals surface area contributed by atoms with Crippen LogP contribution in [0.2, 0.25) is 0 Å². The van der Waals surface area contributed by atoms with Gasteiger partial charge >= 0.3 is 0 Å². The molecule has 1 amide bonds. The van der Waals surface area contributed by atoms with Crippen molar-refractivity contribution < 1.29 is 13.2 Å². The molecule has 0 saturated heterocycles. The quantitative estimate of drug-likeness (QED) is 0.886.